The monoisotopic (exact) mass is 399 g/mol. The number of fused-ring (bicyclic) bond motifs is 2. The fourth-order valence-electron chi connectivity index (χ4n) is 5.30. The fourth-order valence-corrected chi connectivity index (χ4v) is 5.30. The van der Waals surface area contributed by atoms with Gasteiger partial charge in [0, 0.05) is 55.6 Å². The van der Waals surface area contributed by atoms with Crippen molar-refractivity contribution in [3.63, 3.8) is 0 Å². The van der Waals surface area contributed by atoms with Gasteiger partial charge in [0.25, 0.3) is 0 Å². The molecule has 0 radical (unpaired) electrons. The van der Waals surface area contributed by atoms with Crippen LogP contribution in [0, 0.1) is 5.92 Å². The molecule has 2 unspecified atom stereocenters. The Labute approximate surface area is 175 Å². The molecule has 3 aliphatic rings. The van der Waals surface area contributed by atoms with E-state index in [4.69, 9.17) is 9.97 Å². The number of piperazine rings is 1. The highest BCUT2D eigenvalue weighted by Crippen LogP contribution is 2.35. The van der Waals surface area contributed by atoms with Gasteiger partial charge >= 0.3 is 0 Å². The van der Waals surface area contributed by atoms with Crippen molar-refractivity contribution in [2.75, 3.05) is 18.0 Å². The van der Waals surface area contributed by atoms with Gasteiger partial charge in [-0.25, -0.2) is 9.97 Å². The second-order valence-electron chi connectivity index (χ2n) is 9.87. The van der Waals surface area contributed by atoms with E-state index in [9.17, 15) is 4.79 Å². The number of anilines is 1. The van der Waals surface area contributed by atoms with Crippen LogP contribution in [0.4, 0.5) is 5.95 Å². The van der Waals surface area contributed by atoms with Gasteiger partial charge in [-0.15, -0.1) is 0 Å². The van der Waals surface area contributed by atoms with Crippen LogP contribution in [0.1, 0.15) is 77.7 Å². The average Bonchev–Trinajstić information content (AvgIpc) is 2.97. The van der Waals surface area contributed by atoms with Crippen molar-refractivity contribution < 1.29 is 4.79 Å². The molecule has 1 saturated carbocycles. The van der Waals surface area contributed by atoms with Crippen LogP contribution < -0.4 is 10.2 Å². The summed E-state index contributed by atoms with van der Waals surface area (Å²) >= 11 is 0. The number of nitrogens with zero attached hydrogens (tertiary/aromatic N) is 4. The average molecular weight is 400 g/mol. The molecular weight excluding hydrogens is 362 g/mol. The van der Waals surface area contributed by atoms with Gasteiger partial charge in [0.2, 0.25) is 11.9 Å². The molecule has 1 aromatic heterocycles. The molecule has 2 bridgehead atoms. The Morgan fingerprint density at radius 2 is 1.55 bits per heavy atom. The number of carbonyl (C=O) groups excluding carboxylic acids is 1. The van der Waals surface area contributed by atoms with E-state index in [0.717, 1.165) is 44.7 Å². The number of amides is 1. The smallest absolute Gasteiger partial charge is 0.225 e. The highest BCUT2D eigenvalue weighted by molar-refractivity contribution is 5.78. The van der Waals surface area contributed by atoms with Crippen LogP contribution in [0.15, 0.2) is 12.4 Å². The summed E-state index contributed by atoms with van der Waals surface area (Å²) in [4.78, 5) is 26.6. The number of carbonyl (C=O) groups is 1. The predicted molar refractivity (Wildman–Crippen MR) is 116 cm³/mol. The van der Waals surface area contributed by atoms with Crippen molar-refractivity contribution in [1.29, 1.82) is 0 Å². The molecule has 2 aliphatic heterocycles. The van der Waals surface area contributed by atoms with Crippen LogP contribution in [0.3, 0.4) is 0 Å². The van der Waals surface area contributed by atoms with Gasteiger partial charge in [0.05, 0.1) is 0 Å². The minimum atomic E-state index is 0.0614. The highest BCUT2D eigenvalue weighted by atomic mass is 16.1. The number of hydrogen-bond donors (Lipinski definition) is 1. The lowest BCUT2D eigenvalue weighted by Gasteiger charge is -2.42. The summed E-state index contributed by atoms with van der Waals surface area (Å²) in [6.45, 7) is 10.8. The molecule has 0 aromatic carbocycles. The first-order valence-electron chi connectivity index (χ1n) is 11.6. The minimum Gasteiger partial charge on any atom is -0.353 e. The molecule has 29 heavy (non-hydrogen) atoms. The fraction of sp³-hybridized carbons (Fsp3) is 0.783. The molecule has 6 nitrogen and oxygen atoms in total. The number of hydrogen-bond acceptors (Lipinski definition) is 5. The summed E-state index contributed by atoms with van der Waals surface area (Å²) in [5, 5.41) is 3.19. The summed E-state index contributed by atoms with van der Waals surface area (Å²) in [6, 6.07) is 2.06. The SMILES string of the molecule is CC(C)C(=O)N[C@H]1CC[C@H](c2cnc(N3C4CCC3CN(C(C)C)C4)nc2)CC1. The van der Waals surface area contributed by atoms with Crippen molar-refractivity contribution in [2.45, 2.75) is 96.3 Å². The third-order valence-electron chi connectivity index (χ3n) is 7.20. The second kappa shape index (κ2) is 8.58. The lowest BCUT2D eigenvalue weighted by atomic mass is 9.82. The lowest BCUT2D eigenvalue weighted by Crippen LogP contribution is -2.56. The van der Waals surface area contributed by atoms with Crippen molar-refractivity contribution in [3.8, 4) is 0 Å². The van der Waals surface area contributed by atoms with Crippen LogP contribution in [0.5, 0.6) is 0 Å². The topological polar surface area (TPSA) is 61.4 Å². The molecule has 3 fully saturated rings. The van der Waals surface area contributed by atoms with Crippen molar-refractivity contribution >= 4 is 11.9 Å². The molecule has 1 aliphatic carbocycles. The summed E-state index contributed by atoms with van der Waals surface area (Å²) in [7, 11) is 0. The Kier molecular flexibility index (Phi) is 6.09. The van der Waals surface area contributed by atoms with Gasteiger partial charge in [-0.05, 0) is 63.9 Å². The number of nitrogens with one attached hydrogen (secondary N) is 1. The van der Waals surface area contributed by atoms with Gasteiger partial charge in [-0.3, -0.25) is 9.69 Å². The zero-order valence-electron chi connectivity index (χ0n) is 18.5. The molecule has 1 N–H and O–H groups in total. The zero-order valence-corrected chi connectivity index (χ0v) is 18.5. The van der Waals surface area contributed by atoms with Gasteiger partial charge < -0.3 is 10.2 Å². The molecule has 0 spiro atoms. The Morgan fingerprint density at radius 3 is 2.07 bits per heavy atom. The maximum Gasteiger partial charge on any atom is 0.225 e. The molecule has 2 atom stereocenters. The predicted octanol–water partition coefficient (Wildman–Crippen LogP) is 3.34. The van der Waals surface area contributed by atoms with Gasteiger partial charge in [0.15, 0.2) is 0 Å². The minimum absolute atomic E-state index is 0.0614. The summed E-state index contributed by atoms with van der Waals surface area (Å²) in [6.07, 6.45) is 10.9. The van der Waals surface area contributed by atoms with Crippen LogP contribution in [0.2, 0.25) is 0 Å². The largest absolute Gasteiger partial charge is 0.353 e. The normalized spacial score (nSPS) is 30.2. The van der Waals surface area contributed by atoms with Crippen LogP contribution in [-0.4, -0.2) is 58.0 Å². The van der Waals surface area contributed by atoms with E-state index >= 15 is 0 Å². The van der Waals surface area contributed by atoms with E-state index in [1.54, 1.807) is 0 Å². The third kappa shape index (κ3) is 4.42. The van der Waals surface area contributed by atoms with Gasteiger partial charge in [0.1, 0.15) is 0 Å². The maximum absolute atomic E-state index is 11.9. The van der Waals surface area contributed by atoms with E-state index in [1.807, 2.05) is 13.8 Å². The van der Waals surface area contributed by atoms with Crippen LogP contribution in [-0.2, 0) is 4.79 Å². The van der Waals surface area contributed by atoms with E-state index in [-0.39, 0.29) is 11.8 Å². The third-order valence-corrected chi connectivity index (χ3v) is 7.20. The van der Waals surface area contributed by atoms with E-state index in [0.29, 0.717) is 30.1 Å². The van der Waals surface area contributed by atoms with Gasteiger partial charge in [-0.2, -0.15) is 0 Å². The Balaban J connectivity index is 1.34. The van der Waals surface area contributed by atoms with E-state index in [1.165, 1.54) is 18.4 Å². The number of aromatic nitrogens is 2. The molecule has 1 amide bonds. The summed E-state index contributed by atoms with van der Waals surface area (Å²) < 4.78 is 0. The first-order valence-corrected chi connectivity index (χ1v) is 11.6. The van der Waals surface area contributed by atoms with Crippen LogP contribution in [0.25, 0.3) is 0 Å². The van der Waals surface area contributed by atoms with Crippen LogP contribution >= 0.6 is 0 Å². The Morgan fingerprint density at radius 1 is 0.966 bits per heavy atom. The quantitative estimate of drug-likeness (QED) is 0.823. The first-order chi connectivity index (χ1) is 13.9. The lowest BCUT2D eigenvalue weighted by molar-refractivity contribution is -0.124. The molecule has 6 heteroatoms. The molecule has 160 valence electrons. The second-order valence-corrected chi connectivity index (χ2v) is 9.87. The zero-order chi connectivity index (χ0) is 20.5. The Hall–Kier alpha value is -1.69. The molecule has 4 rings (SSSR count). The number of rotatable bonds is 5. The number of likely N-dealkylation sites (tertiary alicyclic amines) is 1. The molecule has 2 saturated heterocycles. The molecular formula is C23H37N5O. The highest BCUT2D eigenvalue weighted by Gasteiger charge is 2.41. The van der Waals surface area contributed by atoms with Crippen molar-refractivity contribution in [2.24, 2.45) is 5.92 Å². The van der Waals surface area contributed by atoms with Gasteiger partial charge in [-0.1, -0.05) is 13.8 Å². The van der Waals surface area contributed by atoms with Crippen molar-refractivity contribution in [3.05, 3.63) is 18.0 Å². The summed E-state index contributed by atoms with van der Waals surface area (Å²) in [5.74, 6) is 1.67. The van der Waals surface area contributed by atoms with E-state index < -0.39 is 0 Å². The standard InChI is InChI=1S/C23H37N5O/c1-15(2)22(29)26-19-7-5-17(6-8-19)18-11-24-23(25-12-18)28-20-9-10-21(28)14-27(13-20)16(3)4/h11-12,15-17,19-21H,5-10,13-14H2,1-4H3,(H,26,29)/t17-,19-,20?,21?. The summed E-state index contributed by atoms with van der Waals surface area (Å²) in [5.41, 5.74) is 1.26. The first kappa shape index (κ1) is 20.6. The Bertz CT molecular complexity index is 682. The van der Waals surface area contributed by atoms with Crippen molar-refractivity contribution in [1.82, 2.24) is 20.2 Å². The molecule has 3 heterocycles. The van der Waals surface area contributed by atoms with E-state index in [2.05, 4.69) is 41.4 Å². The maximum atomic E-state index is 11.9. The molecule has 1 aromatic rings.